The fourth-order valence-electron chi connectivity index (χ4n) is 1.53. The first kappa shape index (κ1) is 14.4. The van der Waals surface area contributed by atoms with Crippen LogP contribution in [0.5, 0.6) is 0 Å². The Morgan fingerprint density at radius 3 is 2.30 bits per heavy atom. The number of rotatable bonds is 3. The molecule has 0 saturated heterocycles. The van der Waals surface area contributed by atoms with Gasteiger partial charge in [-0.05, 0) is 31.2 Å². The van der Waals surface area contributed by atoms with Crippen LogP contribution in [0.1, 0.15) is 26.6 Å². The van der Waals surface area contributed by atoms with E-state index in [9.17, 15) is 13.2 Å². The molecule has 2 rings (SSSR count). The second-order valence-corrected chi connectivity index (χ2v) is 5.33. The van der Waals surface area contributed by atoms with E-state index in [0.29, 0.717) is 12.4 Å². The molecule has 0 radical (unpaired) electrons. The van der Waals surface area contributed by atoms with Gasteiger partial charge in [-0.1, -0.05) is 0 Å². The van der Waals surface area contributed by atoms with Gasteiger partial charge in [-0.15, -0.1) is 5.10 Å². The molecule has 0 bridgehead atoms. The third-order valence-corrected chi connectivity index (χ3v) is 2.52. The molecule has 1 N–H and O–H groups in total. The van der Waals surface area contributed by atoms with E-state index in [1.807, 2.05) is 20.8 Å². The van der Waals surface area contributed by atoms with Gasteiger partial charge in [0.1, 0.15) is 0 Å². The molecule has 8 heteroatoms. The summed E-state index contributed by atoms with van der Waals surface area (Å²) in [5, 5.41) is 14.1. The summed E-state index contributed by atoms with van der Waals surface area (Å²) in [4.78, 5) is 0. The van der Waals surface area contributed by atoms with E-state index in [0.717, 1.165) is 16.8 Å². The number of nitrogens with one attached hydrogen (secondary N) is 1. The highest BCUT2D eigenvalue weighted by atomic mass is 19.2. The second kappa shape index (κ2) is 5.20. The molecule has 1 aromatic carbocycles. The Hall–Kier alpha value is -1.96. The predicted molar refractivity (Wildman–Crippen MR) is 65.6 cm³/mol. The van der Waals surface area contributed by atoms with Gasteiger partial charge in [0.15, 0.2) is 23.3 Å². The summed E-state index contributed by atoms with van der Waals surface area (Å²) >= 11 is 0. The SMILES string of the molecule is CC(C)(C)NCc1nnnn1-c1cc(F)c(F)c(F)c1. The summed E-state index contributed by atoms with van der Waals surface area (Å²) in [6, 6.07) is 1.69. The van der Waals surface area contributed by atoms with Crippen LogP contribution in [0.4, 0.5) is 13.2 Å². The first-order chi connectivity index (χ1) is 9.28. The highest BCUT2D eigenvalue weighted by Gasteiger charge is 2.16. The Bertz CT molecular complexity index is 595. The molecule has 0 atom stereocenters. The Morgan fingerprint density at radius 1 is 1.15 bits per heavy atom. The van der Waals surface area contributed by atoms with Crippen LogP contribution in [0.2, 0.25) is 0 Å². The maximum Gasteiger partial charge on any atom is 0.194 e. The summed E-state index contributed by atoms with van der Waals surface area (Å²) in [7, 11) is 0. The third kappa shape index (κ3) is 3.13. The van der Waals surface area contributed by atoms with E-state index < -0.39 is 17.5 Å². The average Bonchev–Trinajstić information content (AvgIpc) is 2.80. The van der Waals surface area contributed by atoms with E-state index in [4.69, 9.17) is 0 Å². The molecule has 0 aliphatic carbocycles. The minimum Gasteiger partial charge on any atom is -0.305 e. The van der Waals surface area contributed by atoms with Gasteiger partial charge in [0.2, 0.25) is 0 Å². The molecule has 0 unspecified atom stereocenters. The zero-order valence-electron chi connectivity index (χ0n) is 11.3. The maximum absolute atomic E-state index is 13.2. The summed E-state index contributed by atoms with van der Waals surface area (Å²) in [5.41, 5.74) is -0.145. The molecule has 1 aromatic heterocycles. The van der Waals surface area contributed by atoms with E-state index in [1.165, 1.54) is 0 Å². The fraction of sp³-hybridized carbons (Fsp3) is 0.417. The van der Waals surface area contributed by atoms with Gasteiger partial charge in [-0.25, -0.2) is 13.2 Å². The number of halogens is 3. The van der Waals surface area contributed by atoms with Crippen LogP contribution in [0, 0.1) is 17.5 Å². The molecule has 1 heterocycles. The van der Waals surface area contributed by atoms with E-state index in [2.05, 4.69) is 20.8 Å². The molecule has 0 aliphatic heterocycles. The molecule has 2 aromatic rings. The highest BCUT2D eigenvalue weighted by Crippen LogP contribution is 2.17. The van der Waals surface area contributed by atoms with Crippen molar-refractivity contribution >= 4 is 0 Å². The molecule has 0 aliphatic rings. The summed E-state index contributed by atoms with van der Waals surface area (Å²) < 4.78 is 40.5. The molecule has 0 fully saturated rings. The number of tetrazole rings is 1. The van der Waals surface area contributed by atoms with Crippen LogP contribution in [-0.4, -0.2) is 25.7 Å². The first-order valence-corrected chi connectivity index (χ1v) is 5.95. The Balaban J connectivity index is 2.33. The van der Waals surface area contributed by atoms with Gasteiger partial charge < -0.3 is 5.32 Å². The van der Waals surface area contributed by atoms with Crippen molar-refractivity contribution in [3.63, 3.8) is 0 Å². The maximum atomic E-state index is 13.2. The van der Waals surface area contributed by atoms with Crippen LogP contribution in [0.15, 0.2) is 12.1 Å². The minimum absolute atomic E-state index is 0.0251. The Morgan fingerprint density at radius 2 is 1.75 bits per heavy atom. The van der Waals surface area contributed by atoms with Crippen LogP contribution >= 0.6 is 0 Å². The molecule has 0 saturated carbocycles. The number of aromatic nitrogens is 4. The van der Waals surface area contributed by atoms with Crippen LogP contribution in [-0.2, 0) is 6.54 Å². The smallest absolute Gasteiger partial charge is 0.194 e. The quantitative estimate of drug-likeness (QED) is 0.876. The summed E-state index contributed by atoms with van der Waals surface area (Å²) in [6.07, 6.45) is 0. The highest BCUT2D eigenvalue weighted by molar-refractivity contribution is 5.33. The molecule has 108 valence electrons. The molecule has 20 heavy (non-hydrogen) atoms. The van der Waals surface area contributed by atoms with Crippen molar-refractivity contribution in [2.45, 2.75) is 32.9 Å². The van der Waals surface area contributed by atoms with Gasteiger partial charge in [-0.3, -0.25) is 0 Å². The number of hydrogen-bond donors (Lipinski definition) is 1. The topological polar surface area (TPSA) is 55.6 Å². The fourth-order valence-corrected chi connectivity index (χ4v) is 1.53. The second-order valence-electron chi connectivity index (χ2n) is 5.33. The normalized spacial score (nSPS) is 11.9. The minimum atomic E-state index is -1.52. The third-order valence-electron chi connectivity index (χ3n) is 2.52. The van der Waals surface area contributed by atoms with Crippen LogP contribution in [0.3, 0.4) is 0 Å². The summed E-state index contributed by atoms with van der Waals surface area (Å²) in [6.45, 7) is 6.17. The van der Waals surface area contributed by atoms with Crippen LogP contribution < -0.4 is 5.32 Å². The van der Waals surface area contributed by atoms with Crippen molar-refractivity contribution in [3.8, 4) is 5.69 Å². The lowest BCUT2D eigenvalue weighted by atomic mass is 10.1. The standard InChI is InChI=1S/C12H14F3N5/c1-12(2,3)16-6-10-17-18-19-20(10)7-4-8(13)11(15)9(14)5-7/h4-5,16H,6H2,1-3H3. The van der Waals surface area contributed by atoms with Gasteiger partial charge in [0.25, 0.3) is 0 Å². The van der Waals surface area contributed by atoms with E-state index >= 15 is 0 Å². The lowest BCUT2D eigenvalue weighted by Crippen LogP contribution is -2.36. The van der Waals surface area contributed by atoms with E-state index in [-0.39, 0.29) is 11.2 Å². The predicted octanol–water partition coefficient (Wildman–Crippen LogP) is 1.97. The van der Waals surface area contributed by atoms with Crippen molar-refractivity contribution in [2.24, 2.45) is 0 Å². The van der Waals surface area contributed by atoms with Crippen molar-refractivity contribution < 1.29 is 13.2 Å². The van der Waals surface area contributed by atoms with Gasteiger partial charge in [0, 0.05) is 17.7 Å². The largest absolute Gasteiger partial charge is 0.305 e. The van der Waals surface area contributed by atoms with E-state index in [1.54, 1.807) is 0 Å². The Labute approximate surface area is 113 Å². The van der Waals surface area contributed by atoms with Crippen molar-refractivity contribution in [3.05, 3.63) is 35.4 Å². The molecule has 5 nitrogen and oxygen atoms in total. The number of nitrogens with zero attached hydrogens (tertiary/aromatic N) is 4. The average molecular weight is 285 g/mol. The molecule has 0 amide bonds. The number of hydrogen-bond acceptors (Lipinski definition) is 4. The van der Waals surface area contributed by atoms with Gasteiger partial charge in [-0.2, -0.15) is 4.68 Å². The molecular weight excluding hydrogens is 271 g/mol. The van der Waals surface area contributed by atoms with Gasteiger partial charge >= 0.3 is 0 Å². The lowest BCUT2D eigenvalue weighted by molar-refractivity contribution is 0.414. The molecule has 0 spiro atoms. The first-order valence-electron chi connectivity index (χ1n) is 5.95. The Kier molecular flexibility index (Phi) is 3.76. The van der Waals surface area contributed by atoms with Crippen molar-refractivity contribution in [1.29, 1.82) is 0 Å². The lowest BCUT2D eigenvalue weighted by Gasteiger charge is -2.19. The van der Waals surface area contributed by atoms with Gasteiger partial charge in [0.05, 0.1) is 12.2 Å². The monoisotopic (exact) mass is 285 g/mol. The zero-order valence-corrected chi connectivity index (χ0v) is 11.3. The van der Waals surface area contributed by atoms with Crippen molar-refractivity contribution in [2.75, 3.05) is 0 Å². The zero-order chi connectivity index (χ0) is 14.9. The molecular formula is C12H14F3N5. The van der Waals surface area contributed by atoms with Crippen LogP contribution in [0.25, 0.3) is 5.69 Å². The summed E-state index contributed by atoms with van der Waals surface area (Å²) in [5.74, 6) is -3.73. The number of benzene rings is 1. The van der Waals surface area contributed by atoms with Crippen molar-refractivity contribution in [1.82, 2.24) is 25.5 Å².